The number of hydrogen-bond acceptors (Lipinski definition) is 3. The van der Waals surface area contributed by atoms with E-state index in [0.29, 0.717) is 16.5 Å². The molecule has 0 radical (unpaired) electrons. The summed E-state index contributed by atoms with van der Waals surface area (Å²) in [7, 11) is 3.14. The summed E-state index contributed by atoms with van der Waals surface area (Å²) in [5.41, 5.74) is 0.887. The molecule has 1 aromatic carbocycles. The Morgan fingerprint density at radius 3 is 2.56 bits per heavy atom. The van der Waals surface area contributed by atoms with Gasteiger partial charge in [0.05, 0.1) is 20.5 Å². The summed E-state index contributed by atoms with van der Waals surface area (Å²) in [5, 5.41) is 0.452. The fourth-order valence-corrected chi connectivity index (χ4v) is 2.65. The predicted molar refractivity (Wildman–Crippen MR) is 74.0 cm³/mol. The molecule has 2 aromatic rings. The van der Waals surface area contributed by atoms with Gasteiger partial charge in [0.25, 0.3) is 0 Å². The van der Waals surface area contributed by atoms with E-state index in [2.05, 4.69) is 15.9 Å². The van der Waals surface area contributed by atoms with E-state index < -0.39 is 0 Å². The molecule has 0 saturated carbocycles. The largest absolute Gasteiger partial charge is 0.495 e. The summed E-state index contributed by atoms with van der Waals surface area (Å²) < 4.78 is 15.9. The molecule has 0 amide bonds. The second-order valence-corrected chi connectivity index (χ2v) is 4.88. The number of ether oxygens (including phenoxy) is 2. The lowest BCUT2D eigenvalue weighted by Crippen LogP contribution is -1.98. The quantitative estimate of drug-likeness (QED) is 0.777. The number of hydrogen-bond donors (Lipinski definition) is 0. The Balaban J connectivity index is 2.48. The van der Waals surface area contributed by atoms with Crippen LogP contribution in [0.4, 0.5) is 0 Å². The van der Waals surface area contributed by atoms with Crippen LogP contribution in [0.25, 0.3) is 0 Å². The van der Waals surface area contributed by atoms with E-state index in [-0.39, 0.29) is 4.83 Å². The number of alkyl halides is 1. The first-order valence-corrected chi connectivity index (χ1v) is 6.56. The highest BCUT2D eigenvalue weighted by Gasteiger charge is 2.21. The lowest BCUT2D eigenvalue weighted by Gasteiger charge is -2.15. The molecule has 0 aliphatic carbocycles. The van der Waals surface area contributed by atoms with E-state index in [1.54, 1.807) is 26.5 Å². The third-order valence-corrected chi connectivity index (χ3v) is 3.88. The van der Waals surface area contributed by atoms with E-state index >= 15 is 0 Å². The second-order valence-electron chi connectivity index (χ2n) is 3.58. The van der Waals surface area contributed by atoms with Gasteiger partial charge in [-0.05, 0) is 24.3 Å². The topological polar surface area (TPSA) is 31.6 Å². The van der Waals surface area contributed by atoms with E-state index in [0.717, 1.165) is 11.3 Å². The van der Waals surface area contributed by atoms with E-state index in [9.17, 15) is 0 Å². The van der Waals surface area contributed by atoms with Gasteiger partial charge in [-0.1, -0.05) is 27.5 Å². The number of halogens is 2. The van der Waals surface area contributed by atoms with Crippen molar-refractivity contribution in [3.8, 4) is 11.5 Å². The molecule has 0 fully saturated rings. The fourth-order valence-electron chi connectivity index (χ4n) is 1.71. The van der Waals surface area contributed by atoms with Crippen LogP contribution in [0.2, 0.25) is 5.02 Å². The zero-order valence-electron chi connectivity index (χ0n) is 9.94. The van der Waals surface area contributed by atoms with Gasteiger partial charge in [0.1, 0.15) is 27.1 Å². The van der Waals surface area contributed by atoms with Crippen molar-refractivity contribution in [3.63, 3.8) is 0 Å². The van der Waals surface area contributed by atoms with Gasteiger partial charge in [-0.15, -0.1) is 0 Å². The normalized spacial score (nSPS) is 12.2. The molecule has 2 rings (SSSR count). The van der Waals surface area contributed by atoms with Crippen LogP contribution in [-0.4, -0.2) is 14.2 Å². The van der Waals surface area contributed by atoms with Crippen molar-refractivity contribution in [1.29, 1.82) is 0 Å². The molecule has 1 atom stereocenters. The van der Waals surface area contributed by atoms with Gasteiger partial charge in [0.15, 0.2) is 0 Å². The molecule has 5 heteroatoms. The molecular formula is C13H12BrClO3. The fraction of sp³-hybridized carbons (Fsp3) is 0.231. The van der Waals surface area contributed by atoms with Gasteiger partial charge in [-0.3, -0.25) is 0 Å². The molecule has 0 bridgehead atoms. The maximum atomic E-state index is 6.22. The van der Waals surface area contributed by atoms with E-state index in [4.69, 9.17) is 25.5 Å². The second kappa shape index (κ2) is 5.67. The van der Waals surface area contributed by atoms with Crippen LogP contribution in [0.15, 0.2) is 34.9 Å². The molecule has 18 heavy (non-hydrogen) atoms. The first-order chi connectivity index (χ1) is 8.69. The molecule has 1 heterocycles. The summed E-state index contributed by atoms with van der Waals surface area (Å²) in [4.78, 5) is -0.120. The predicted octanol–water partition coefficient (Wildman–Crippen LogP) is 4.43. The minimum Gasteiger partial charge on any atom is -0.495 e. The van der Waals surface area contributed by atoms with Crippen molar-refractivity contribution >= 4 is 27.5 Å². The summed E-state index contributed by atoms with van der Waals surface area (Å²) >= 11 is 9.79. The molecule has 1 aromatic heterocycles. The van der Waals surface area contributed by atoms with Crippen LogP contribution in [-0.2, 0) is 0 Å². The van der Waals surface area contributed by atoms with Gasteiger partial charge in [0, 0.05) is 5.56 Å². The molecule has 0 N–H and O–H groups in total. The SMILES string of the molecule is COc1ccc(C(Br)c2ccco2)c(OC)c1Cl. The molecule has 0 spiro atoms. The standard InChI is InChI=1S/C13H12BrClO3/c1-16-10-6-5-8(13(17-2)12(10)15)11(14)9-4-3-7-18-9/h3-7,11H,1-2H3. The number of rotatable bonds is 4. The molecule has 0 aliphatic heterocycles. The Morgan fingerprint density at radius 1 is 1.22 bits per heavy atom. The van der Waals surface area contributed by atoms with Crippen molar-refractivity contribution in [2.24, 2.45) is 0 Å². The molecule has 3 nitrogen and oxygen atoms in total. The first-order valence-electron chi connectivity index (χ1n) is 5.27. The summed E-state index contributed by atoms with van der Waals surface area (Å²) in [6.45, 7) is 0. The molecule has 1 unspecified atom stereocenters. The van der Waals surface area contributed by atoms with Crippen LogP contribution in [0.5, 0.6) is 11.5 Å². The number of furan rings is 1. The molecule has 0 aliphatic rings. The minimum absolute atomic E-state index is 0.120. The molecule has 96 valence electrons. The van der Waals surface area contributed by atoms with Gasteiger partial charge in [-0.2, -0.15) is 0 Å². The maximum absolute atomic E-state index is 6.22. The van der Waals surface area contributed by atoms with E-state index in [1.165, 1.54) is 0 Å². The Kier molecular flexibility index (Phi) is 4.19. The third-order valence-electron chi connectivity index (χ3n) is 2.58. The first kappa shape index (κ1) is 13.3. The van der Waals surface area contributed by atoms with Crippen LogP contribution in [0.1, 0.15) is 16.2 Å². The van der Waals surface area contributed by atoms with Crippen LogP contribution < -0.4 is 9.47 Å². The van der Waals surface area contributed by atoms with Crippen molar-refractivity contribution in [2.75, 3.05) is 14.2 Å². The number of methoxy groups -OCH3 is 2. The lowest BCUT2D eigenvalue weighted by molar-refractivity contribution is 0.391. The Bertz CT molecular complexity index is 525. The monoisotopic (exact) mass is 330 g/mol. The smallest absolute Gasteiger partial charge is 0.146 e. The van der Waals surface area contributed by atoms with Gasteiger partial charge in [0.2, 0.25) is 0 Å². The highest BCUT2D eigenvalue weighted by Crippen LogP contribution is 2.44. The highest BCUT2D eigenvalue weighted by molar-refractivity contribution is 9.09. The summed E-state index contributed by atoms with van der Waals surface area (Å²) in [5.74, 6) is 1.94. The van der Waals surface area contributed by atoms with Gasteiger partial charge < -0.3 is 13.9 Å². The van der Waals surface area contributed by atoms with Crippen molar-refractivity contribution in [2.45, 2.75) is 4.83 Å². The van der Waals surface area contributed by atoms with Crippen LogP contribution in [0.3, 0.4) is 0 Å². The van der Waals surface area contributed by atoms with Crippen molar-refractivity contribution in [3.05, 3.63) is 46.9 Å². The van der Waals surface area contributed by atoms with E-state index in [1.807, 2.05) is 18.2 Å². The minimum atomic E-state index is -0.120. The zero-order valence-corrected chi connectivity index (χ0v) is 12.3. The average molecular weight is 332 g/mol. The highest BCUT2D eigenvalue weighted by atomic mass is 79.9. The molecular weight excluding hydrogens is 319 g/mol. The zero-order chi connectivity index (χ0) is 13.1. The maximum Gasteiger partial charge on any atom is 0.146 e. The molecule has 0 saturated heterocycles. The Hall–Kier alpha value is -1.13. The van der Waals surface area contributed by atoms with Gasteiger partial charge >= 0.3 is 0 Å². The number of benzene rings is 1. The van der Waals surface area contributed by atoms with Gasteiger partial charge in [-0.25, -0.2) is 0 Å². The average Bonchev–Trinajstić information content (AvgIpc) is 2.91. The summed E-state index contributed by atoms with van der Waals surface area (Å²) in [6.07, 6.45) is 1.63. The summed E-state index contributed by atoms with van der Waals surface area (Å²) in [6, 6.07) is 7.42. The Morgan fingerprint density at radius 2 is 2.00 bits per heavy atom. The third kappa shape index (κ3) is 2.35. The van der Waals surface area contributed by atoms with Crippen LogP contribution in [0, 0.1) is 0 Å². The van der Waals surface area contributed by atoms with Crippen molar-refractivity contribution < 1.29 is 13.9 Å². The van der Waals surface area contributed by atoms with Crippen molar-refractivity contribution in [1.82, 2.24) is 0 Å². The van der Waals surface area contributed by atoms with Crippen LogP contribution >= 0.6 is 27.5 Å². The lowest BCUT2D eigenvalue weighted by atomic mass is 10.1. The Labute approximate surface area is 119 Å².